The Morgan fingerprint density at radius 1 is 1.08 bits per heavy atom. The molecule has 222 valence electrons. The van der Waals surface area contributed by atoms with Crippen molar-refractivity contribution in [1.29, 1.82) is 0 Å². The number of amides is 1. The van der Waals surface area contributed by atoms with Crippen LogP contribution < -0.4 is 26.4 Å². The van der Waals surface area contributed by atoms with E-state index in [4.69, 9.17) is 9.47 Å². The van der Waals surface area contributed by atoms with Crippen LogP contribution in [0.4, 0.5) is 0 Å². The second kappa shape index (κ2) is 12.3. The zero-order valence-corrected chi connectivity index (χ0v) is 21.5. The van der Waals surface area contributed by atoms with Crippen LogP contribution in [0.1, 0.15) is 13.2 Å². The van der Waals surface area contributed by atoms with Crippen LogP contribution in [0, 0.1) is 0 Å². The highest BCUT2D eigenvalue weighted by molar-refractivity contribution is 7.59. The van der Waals surface area contributed by atoms with E-state index in [0.29, 0.717) is 4.57 Å². The number of rotatable bonds is 10. The third-order valence-electron chi connectivity index (χ3n) is 5.54. The molecular formula is C17H25N3O17P2-2. The van der Waals surface area contributed by atoms with Crippen LogP contribution in [0.3, 0.4) is 0 Å². The first-order chi connectivity index (χ1) is 18.0. The predicted octanol–water partition coefficient (Wildman–Crippen LogP) is -5.91. The van der Waals surface area contributed by atoms with E-state index >= 15 is 0 Å². The van der Waals surface area contributed by atoms with Crippen molar-refractivity contribution in [3.8, 4) is 0 Å². The summed E-state index contributed by atoms with van der Waals surface area (Å²) in [5.41, 5.74) is -1.79. The molecule has 0 bridgehead atoms. The molecule has 1 amide bonds. The summed E-state index contributed by atoms with van der Waals surface area (Å²) in [5.74, 6) is -0.829. The minimum Gasteiger partial charge on any atom is -0.756 e. The number of aliphatic hydroxyl groups excluding tert-OH is 5. The van der Waals surface area contributed by atoms with Gasteiger partial charge in [0.25, 0.3) is 21.2 Å². The van der Waals surface area contributed by atoms with Gasteiger partial charge in [-0.25, -0.2) is 9.11 Å². The molecule has 22 heteroatoms. The number of hydrogen-bond acceptors (Lipinski definition) is 17. The van der Waals surface area contributed by atoms with Gasteiger partial charge < -0.3 is 54.6 Å². The van der Waals surface area contributed by atoms with Gasteiger partial charge in [-0.2, -0.15) is 0 Å². The van der Waals surface area contributed by atoms with E-state index in [9.17, 15) is 58.8 Å². The third-order valence-corrected chi connectivity index (χ3v) is 8.07. The van der Waals surface area contributed by atoms with Gasteiger partial charge in [0.15, 0.2) is 12.5 Å². The van der Waals surface area contributed by atoms with Gasteiger partial charge in [-0.3, -0.25) is 32.8 Å². The summed E-state index contributed by atoms with van der Waals surface area (Å²) in [6, 6.07) is -0.844. The van der Waals surface area contributed by atoms with E-state index in [0.717, 1.165) is 19.2 Å². The van der Waals surface area contributed by atoms with Gasteiger partial charge in [0.05, 0.1) is 13.2 Å². The largest absolute Gasteiger partial charge is 0.756 e. The minimum atomic E-state index is -5.94. The average Bonchev–Trinajstić information content (AvgIpc) is 3.10. The Kier molecular flexibility index (Phi) is 10.0. The average molecular weight is 605 g/mol. The first-order valence-electron chi connectivity index (χ1n) is 10.9. The highest BCUT2D eigenvalue weighted by atomic mass is 31.3. The fourth-order valence-corrected chi connectivity index (χ4v) is 5.83. The van der Waals surface area contributed by atoms with Crippen LogP contribution in [0.25, 0.3) is 0 Å². The number of nitrogens with zero attached hydrogens (tertiary/aromatic N) is 1. The van der Waals surface area contributed by atoms with E-state index in [1.165, 1.54) is 0 Å². The molecule has 1 aromatic rings. The zero-order chi connectivity index (χ0) is 29.3. The van der Waals surface area contributed by atoms with Gasteiger partial charge in [0.1, 0.15) is 42.7 Å². The Bertz CT molecular complexity index is 1240. The van der Waals surface area contributed by atoms with Crippen molar-refractivity contribution in [2.24, 2.45) is 0 Å². The number of aliphatic hydroxyl groups is 5. The molecule has 3 heterocycles. The normalized spacial score (nSPS) is 36.2. The van der Waals surface area contributed by atoms with Crippen molar-refractivity contribution in [2.75, 3.05) is 13.2 Å². The van der Waals surface area contributed by atoms with Gasteiger partial charge in [-0.15, -0.1) is 0 Å². The van der Waals surface area contributed by atoms with E-state index in [1.807, 2.05) is 4.98 Å². The lowest BCUT2D eigenvalue weighted by atomic mass is 9.97. The topological polar surface area (TPSA) is 312 Å². The van der Waals surface area contributed by atoms with Crippen LogP contribution >= 0.6 is 15.6 Å². The number of aromatic amines is 1. The van der Waals surface area contributed by atoms with Crippen molar-refractivity contribution >= 4 is 21.6 Å². The molecule has 3 rings (SSSR count). The third kappa shape index (κ3) is 7.66. The molecule has 2 aliphatic heterocycles. The molecule has 0 aromatic carbocycles. The molecule has 39 heavy (non-hydrogen) atoms. The maximum absolute atomic E-state index is 12.3. The minimum absolute atomic E-state index is 0.697. The molecule has 2 unspecified atom stereocenters. The molecule has 2 saturated heterocycles. The summed E-state index contributed by atoms with van der Waals surface area (Å²) in [7, 11) is -11.8. The Hall–Kier alpha value is -1.87. The molecule has 7 N–H and O–H groups in total. The lowest BCUT2D eigenvalue weighted by molar-refractivity contribution is -0.285. The molecule has 2 fully saturated rings. The quantitative estimate of drug-likeness (QED) is 0.122. The Morgan fingerprint density at radius 3 is 2.31 bits per heavy atom. The number of phosphoric acid groups is 2. The van der Waals surface area contributed by atoms with Crippen LogP contribution in [-0.2, 0) is 36.8 Å². The highest BCUT2D eigenvalue weighted by Gasteiger charge is 2.47. The SMILES string of the molecule is CC(=O)N[C@@H]1[C@H](OP(=O)([O-])OP(=O)([O-])OC[C@H]2O[C@@H](n3ccc(=O)[nH]c3=O)[C@H](O)[C@@H]2O)O[C@@H](CO)[C@H](O)[C@H]1O. The van der Waals surface area contributed by atoms with E-state index in [2.05, 4.69) is 18.7 Å². The number of aromatic nitrogens is 2. The number of nitrogens with one attached hydrogen (secondary N) is 2. The van der Waals surface area contributed by atoms with Crippen LogP contribution in [0.2, 0.25) is 0 Å². The fraction of sp³-hybridized carbons (Fsp3) is 0.706. The summed E-state index contributed by atoms with van der Waals surface area (Å²) < 4.78 is 48.2. The van der Waals surface area contributed by atoms with Crippen LogP contribution in [-0.4, -0.2) is 103 Å². The Morgan fingerprint density at radius 2 is 1.72 bits per heavy atom. The molecule has 2 aliphatic rings. The van der Waals surface area contributed by atoms with Crippen LogP contribution in [0.5, 0.6) is 0 Å². The number of phosphoric ester groups is 2. The fourth-order valence-electron chi connectivity index (χ4n) is 3.74. The molecule has 0 aliphatic carbocycles. The summed E-state index contributed by atoms with van der Waals surface area (Å²) >= 11 is 0. The number of ether oxygens (including phenoxy) is 2. The van der Waals surface area contributed by atoms with Gasteiger partial charge in [-0.05, 0) is 0 Å². The van der Waals surface area contributed by atoms with Crippen molar-refractivity contribution in [3.05, 3.63) is 33.1 Å². The van der Waals surface area contributed by atoms with Gasteiger partial charge in [-0.1, -0.05) is 0 Å². The monoisotopic (exact) mass is 605 g/mol. The van der Waals surface area contributed by atoms with Crippen molar-refractivity contribution < 1.29 is 72.1 Å². The number of hydrogen-bond donors (Lipinski definition) is 7. The summed E-state index contributed by atoms with van der Waals surface area (Å²) in [5, 5.41) is 51.7. The number of H-pyrrole nitrogens is 1. The van der Waals surface area contributed by atoms with E-state index in [1.54, 1.807) is 0 Å². The Labute approximate surface area is 217 Å². The molecule has 1 aromatic heterocycles. The highest BCUT2D eigenvalue weighted by Crippen LogP contribution is 2.57. The standard InChI is InChI=1S/C17H27N3O17P2/c1-6(22)18-10-13(26)11(24)7(4-21)35-16(10)36-39(31,32)37-38(29,30)33-5-8-12(25)14(27)15(34-8)20-3-2-9(23)19-17(20)28/h2-3,7-8,10-16,21,24-27H,4-5H2,1H3,(H,18,22)(H,29,30)(H,31,32)(H,19,23,28)/p-2/t7-,8+,10-,11-,12+,13-,14+,15+,16-/m0/s1. The molecule has 0 spiro atoms. The lowest BCUT2D eigenvalue weighted by Crippen LogP contribution is -2.64. The van der Waals surface area contributed by atoms with Crippen molar-refractivity contribution in [2.45, 2.75) is 62.1 Å². The zero-order valence-electron chi connectivity index (χ0n) is 19.7. The van der Waals surface area contributed by atoms with Gasteiger partial charge >= 0.3 is 5.69 Å². The maximum atomic E-state index is 12.3. The molecule has 0 radical (unpaired) electrons. The lowest BCUT2D eigenvalue weighted by Gasteiger charge is -2.44. The van der Waals surface area contributed by atoms with E-state index in [-0.39, 0.29) is 0 Å². The first kappa shape index (κ1) is 31.7. The summed E-state index contributed by atoms with van der Waals surface area (Å²) in [6.07, 6.45) is -13.4. The van der Waals surface area contributed by atoms with Crippen molar-refractivity contribution in [3.63, 3.8) is 0 Å². The molecular weight excluding hydrogens is 580 g/mol. The van der Waals surface area contributed by atoms with Gasteiger partial charge in [0.2, 0.25) is 5.91 Å². The maximum Gasteiger partial charge on any atom is 0.330 e. The Balaban J connectivity index is 1.66. The van der Waals surface area contributed by atoms with E-state index < -0.39 is 101 Å². The first-order valence-corrected chi connectivity index (χ1v) is 13.9. The number of carbonyl (C=O) groups is 1. The molecule has 20 nitrogen and oxygen atoms in total. The number of carbonyl (C=O) groups excluding carboxylic acids is 1. The predicted molar refractivity (Wildman–Crippen MR) is 116 cm³/mol. The molecule has 11 atom stereocenters. The smallest absolute Gasteiger partial charge is 0.330 e. The van der Waals surface area contributed by atoms with Gasteiger partial charge in [0, 0.05) is 19.2 Å². The second-order valence-electron chi connectivity index (χ2n) is 8.37. The molecule has 0 saturated carbocycles. The summed E-state index contributed by atoms with van der Waals surface area (Å²) in [4.78, 5) is 60.9. The summed E-state index contributed by atoms with van der Waals surface area (Å²) in [6.45, 7) is -1.09. The van der Waals surface area contributed by atoms with Crippen LogP contribution in [0.15, 0.2) is 21.9 Å². The second-order valence-corrected chi connectivity index (χ2v) is 11.3. The van der Waals surface area contributed by atoms with Crippen molar-refractivity contribution in [1.82, 2.24) is 14.9 Å².